The molecule has 0 aliphatic rings. The molecular formula is C22H26F3N3O5PS+. The van der Waals surface area contributed by atoms with Crippen LogP contribution in [0.25, 0.3) is 16.8 Å². The summed E-state index contributed by atoms with van der Waals surface area (Å²) in [5, 5.41) is 3.66. The van der Waals surface area contributed by atoms with Crippen LogP contribution in [0, 0.1) is 20.8 Å². The zero-order valence-corrected chi connectivity index (χ0v) is 21.1. The molecule has 0 saturated carbocycles. The van der Waals surface area contributed by atoms with Crippen molar-refractivity contribution in [3.8, 4) is 16.8 Å². The smallest absolute Gasteiger partial charge is 0.324 e. The van der Waals surface area contributed by atoms with E-state index in [0.29, 0.717) is 5.69 Å². The van der Waals surface area contributed by atoms with Crippen LogP contribution in [0.3, 0.4) is 0 Å². The van der Waals surface area contributed by atoms with E-state index in [-0.39, 0.29) is 0 Å². The SMILES string of the molecule is Cc1cc(C)c(-[n+]2ccc(-c3ccncc3)cc2C(C)P(=O)(O)O)c(C)c1.NS(=O)(=O)C(F)(F)F. The quantitative estimate of drug-likeness (QED) is 0.344. The van der Waals surface area contributed by atoms with Gasteiger partial charge in [-0.2, -0.15) is 17.7 Å². The van der Waals surface area contributed by atoms with Gasteiger partial charge in [-0.05, 0) is 63.1 Å². The Balaban J connectivity index is 0.000000466. The fourth-order valence-electron chi connectivity index (χ4n) is 3.49. The first-order valence-corrected chi connectivity index (χ1v) is 13.3. The summed E-state index contributed by atoms with van der Waals surface area (Å²) in [6.07, 6.45) is 5.30. The Morgan fingerprint density at radius 3 is 1.91 bits per heavy atom. The average Bonchev–Trinajstić information content (AvgIpc) is 2.71. The first-order valence-electron chi connectivity index (χ1n) is 10.1. The third kappa shape index (κ3) is 7.18. The summed E-state index contributed by atoms with van der Waals surface area (Å²) < 4.78 is 65.1. The van der Waals surface area contributed by atoms with Gasteiger partial charge in [0.15, 0.2) is 6.20 Å². The molecule has 4 N–H and O–H groups in total. The molecule has 0 amide bonds. The Morgan fingerprint density at radius 2 is 1.49 bits per heavy atom. The molecule has 1 aromatic carbocycles. The molecule has 2 aromatic heterocycles. The second-order valence-corrected chi connectivity index (χ2v) is 11.5. The zero-order chi connectivity index (χ0) is 26.8. The highest BCUT2D eigenvalue weighted by Gasteiger charge is 2.42. The Kier molecular flexibility index (Phi) is 8.62. The van der Waals surface area contributed by atoms with Crippen LogP contribution < -0.4 is 9.71 Å². The van der Waals surface area contributed by atoms with E-state index in [1.54, 1.807) is 19.3 Å². The minimum Gasteiger partial charge on any atom is -0.324 e. The molecule has 1 atom stereocenters. The van der Waals surface area contributed by atoms with E-state index in [2.05, 4.69) is 22.3 Å². The highest BCUT2D eigenvalue weighted by Crippen LogP contribution is 2.51. The summed E-state index contributed by atoms with van der Waals surface area (Å²) in [7, 11) is -9.65. The summed E-state index contributed by atoms with van der Waals surface area (Å²) in [6.45, 7) is 7.65. The van der Waals surface area contributed by atoms with E-state index >= 15 is 0 Å². The van der Waals surface area contributed by atoms with Crippen LogP contribution in [0.5, 0.6) is 0 Å². The van der Waals surface area contributed by atoms with Crippen molar-refractivity contribution in [3.63, 3.8) is 0 Å². The summed E-state index contributed by atoms with van der Waals surface area (Å²) in [4.78, 5) is 23.7. The normalized spacial score (nSPS) is 13.1. The lowest BCUT2D eigenvalue weighted by atomic mass is 10.0. The largest absolute Gasteiger partial charge is 0.511 e. The molecule has 13 heteroatoms. The van der Waals surface area contributed by atoms with Crippen LogP contribution in [0.4, 0.5) is 13.2 Å². The summed E-state index contributed by atoms with van der Waals surface area (Å²) in [5.74, 6) is 0. The van der Waals surface area contributed by atoms with Crippen molar-refractivity contribution in [1.29, 1.82) is 0 Å². The molecule has 0 radical (unpaired) electrons. The van der Waals surface area contributed by atoms with E-state index in [1.165, 1.54) is 0 Å². The average molecular weight is 533 g/mol. The van der Waals surface area contributed by atoms with E-state index in [1.807, 2.05) is 55.8 Å². The van der Waals surface area contributed by atoms with Crippen LogP contribution >= 0.6 is 7.60 Å². The molecule has 0 spiro atoms. The number of aromatic nitrogens is 2. The van der Waals surface area contributed by atoms with E-state index in [9.17, 15) is 35.9 Å². The molecule has 0 saturated heterocycles. The molecule has 190 valence electrons. The number of aryl methyl sites for hydroxylation is 3. The second kappa shape index (κ2) is 10.5. The summed E-state index contributed by atoms with van der Waals surface area (Å²) in [5.41, 5.74) is 0.422. The van der Waals surface area contributed by atoms with Crippen molar-refractivity contribution >= 4 is 17.6 Å². The van der Waals surface area contributed by atoms with Crippen molar-refractivity contribution in [3.05, 3.63) is 77.4 Å². The highest BCUT2D eigenvalue weighted by molar-refractivity contribution is 7.90. The van der Waals surface area contributed by atoms with E-state index in [0.717, 1.165) is 33.5 Å². The highest BCUT2D eigenvalue weighted by atomic mass is 32.2. The summed E-state index contributed by atoms with van der Waals surface area (Å²) >= 11 is 0. The van der Waals surface area contributed by atoms with Crippen molar-refractivity contribution < 1.29 is 40.5 Å². The number of halogens is 3. The van der Waals surface area contributed by atoms with E-state index in [4.69, 9.17) is 0 Å². The third-order valence-electron chi connectivity index (χ3n) is 5.13. The Labute approximate surface area is 201 Å². The van der Waals surface area contributed by atoms with Gasteiger partial charge in [-0.3, -0.25) is 9.55 Å². The maximum Gasteiger partial charge on any atom is 0.511 e. The van der Waals surface area contributed by atoms with Gasteiger partial charge in [-0.25, -0.2) is 13.6 Å². The lowest BCUT2D eigenvalue weighted by Crippen LogP contribution is -2.38. The van der Waals surface area contributed by atoms with Crippen LogP contribution in [0.2, 0.25) is 0 Å². The molecular weight excluding hydrogens is 506 g/mol. The Morgan fingerprint density at radius 1 is 1.00 bits per heavy atom. The molecule has 2 heterocycles. The number of nitrogens with two attached hydrogens (primary N) is 1. The number of nitrogens with zero attached hydrogens (tertiary/aromatic N) is 2. The number of hydrogen-bond donors (Lipinski definition) is 3. The van der Waals surface area contributed by atoms with Crippen LogP contribution in [-0.4, -0.2) is 28.7 Å². The number of benzene rings is 1. The van der Waals surface area contributed by atoms with Crippen molar-refractivity contribution in [2.24, 2.45) is 5.14 Å². The lowest BCUT2D eigenvalue weighted by molar-refractivity contribution is -0.605. The number of hydrogen-bond acceptors (Lipinski definition) is 4. The molecule has 1 unspecified atom stereocenters. The summed E-state index contributed by atoms with van der Waals surface area (Å²) in [6, 6.07) is 11.7. The zero-order valence-electron chi connectivity index (χ0n) is 19.4. The van der Waals surface area contributed by atoms with Crippen molar-refractivity contribution in [1.82, 2.24) is 4.98 Å². The van der Waals surface area contributed by atoms with Gasteiger partial charge in [0.1, 0.15) is 5.66 Å². The second-order valence-electron chi connectivity index (χ2n) is 7.95. The van der Waals surface area contributed by atoms with Crippen LogP contribution in [-0.2, 0) is 14.6 Å². The van der Waals surface area contributed by atoms with E-state index < -0.39 is 28.8 Å². The van der Waals surface area contributed by atoms with Crippen molar-refractivity contribution in [2.75, 3.05) is 0 Å². The molecule has 0 fully saturated rings. The van der Waals surface area contributed by atoms with Gasteiger partial charge in [-0.1, -0.05) is 5.56 Å². The predicted molar refractivity (Wildman–Crippen MR) is 125 cm³/mol. The molecule has 0 bridgehead atoms. The topological polar surface area (TPSA) is 134 Å². The van der Waals surface area contributed by atoms with Crippen LogP contribution in [0.15, 0.2) is 55.0 Å². The fraction of sp³-hybridized carbons (Fsp3) is 0.273. The van der Waals surface area contributed by atoms with Gasteiger partial charge < -0.3 is 9.79 Å². The molecule has 3 aromatic rings. The minimum absolute atomic E-state index is 0.577. The van der Waals surface area contributed by atoms with Gasteiger partial charge in [0, 0.05) is 35.7 Å². The standard InChI is InChI=1S/C21H23N2O3P.CH2F3NO2S/c1-14-11-15(2)21(16(3)12-14)23-10-7-19(18-5-8-22-9-6-18)13-20(23)17(4)27(24,25)26;2-1(3,4)8(5,6)7/h5-13,17H,1-4H3,(H-,24,25,26);(H2,5,6,7)/p+1. The lowest BCUT2D eigenvalue weighted by Gasteiger charge is -2.16. The van der Waals surface area contributed by atoms with Gasteiger partial charge >= 0.3 is 23.1 Å². The van der Waals surface area contributed by atoms with Crippen molar-refractivity contribution in [2.45, 2.75) is 38.9 Å². The molecule has 0 aliphatic heterocycles. The molecule has 8 nitrogen and oxygen atoms in total. The van der Waals surface area contributed by atoms with Gasteiger partial charge in [0.05, 0.1) is 0 Å². The molecule has 0 aliphatic carbocycles. The maximum absolute atomic E-state index is 12.1. The first-order chi connectivity index (χ1) is 15.9. The Hall–Kier alpha value is -2.63. The number of rotatable bonds is 4. The number of alkyl halides is 3. The third-order valence-corrected chi connectivity index (χ3v) is 7.05. The molecule has 35 heavy (non-hydrogen) atoms. The number of sulfonamides is 1. The monoisotopic (exact) mass is 532 g/mol. The number of pyridine rings is 2. The maximum atomic E-state index is 12.1. The van der Waals surface area contributed by atoms with Gasteiger partial charge in [0.25, 0.3) is 0 Å². The predicted octanol–water partition coefficient (Wildman–Crippen LogP) is 3.98. The van der Waals surface area contributed by atoms with Gasteiger partial charge in [0.2, 0.25) is 11.4 Å². The minimum atomic E-state index is -5.34. The Bertz CT molecular complexity index is 1340. The first kappa shape index (κ1) is 28.6. The number of primary sulfonamides is 1. The van der Waals surface area contributed by atoms with Gasteiger partial charge in [-0.15, -0.1) is 0 Å². The van der Waals surface area contributed by atoms with Crippen LogP contribution in [0.1, 0.15) is 35.0 Å². The fourth-order valence-corrected chi connectivity index (χ4v) is 4.04. The molecule has 3 rings (SSSR count).